The number of thioether (sulfide) groups is 1. The summed E-state index contributed by atoms with van der Waals surface area (Å²) < 4.78 is 37.6. The molecule has 0 saturated carbocycles. The van der Waals surface area contributed by atoms with E-state index in [-0.39, 0.29) is 18.1 Å². The first-order valence-corrected chi connectivity index (χ1v) is 14.0. The quantitative estimate of drug-likeness (QED) is 0.104. The molecular weight excluding hydrogens is 540 g/mol. The first-order valence-electron chi connectivity index (χ1n) is 12.3. The van der Waals surface area contributed by atoms with Gasteiger partial charge in [-0.15, -0.1) is 11.8 Å². The standard InChI is InChI=1S/C30H29F2NO4S2/c1-19-13-20(2)29(21(3)14-19)39-37-33(17-25-11-12-27(36-25)30(31)32)16-22-7-9-23(10-8-22)24-5-4-6-26(15-24)38-18-28(34)35/h4-15,30H,16-18H2,1-3H3,(H,34,35). The molecule has 9 heteroatoms. The van der Waals surface area contributed by atoms with Gasteiger partial charge in [-0.1, -0.05) is 54.1 Å². The summed E-state index contributed by atoms with van der Waals surface area (Å²) >= 11 is 2.52. The van der Waals surface area contributed by atoms with Gasteiger partial charge in [0.2, 0.25) is 0 Å². The predicted molar refractivity (Wildman–Crippen MR) is 151 cm³/mol. The van der Waals surface area contributed by atoms with E-state index in [1.807, 2.05) is 69.3 Å². The van der Waals surface area contributed by atoms with Crippen LogP contribution in [-0.2, 0) is 22.2 Å². The average Bonchev–Trinajstić information content (AvgIpc) is 3.36. The zero-order chi connectivity index (χ0) is 27.9. The fourth-order valence-corrected chi connectivity index (χ4v) is 5.53. The van der Waals surface area contributed by atoms with Crippen molar-refractivity contribution in [1.82, 2.24) is 5.06 Å². The van der Waals surface area contributed by atoms with Crippen LogP contribution in [0, 0.1) is 20.8 Å². The van der Waals surface area contributed by atoms with Crippen LogP contribution >= 0.6 is 23.8 Å². The van der Waals surface area contributed by atoms with Gasteiger partial charge in [-0.2, -0.15) is 5.06 Å². The van der Waals surface area contributed by atoms with Crippen molar-refractivity contribution < 1.29 is 27.4 Å². The maximum atomic E-state index is 13.1. The van der Waals surface area contributed by atoms with Crippen LogP contribution in [0.2, 0.25) is 0 Å². The fourth-order valence-electron chi connectivity index (χ4n) is 4.18. The molecule has 0 fully saturated rings. The lowest BCUT2D eigenvalue weighted by Crippen LogP contribution is -2.20. The van der Waals surface area contributed by atoms with Crippen molar-refractivity contribution in [3.05, 3.63) is 107 Å². The molecule has 0 spiro atoms. The number of aliphatic carboxylic acids is 1. The molecule has 204 valence electrons. The number of benzene rings is 3. The van der Waals surface area contributed by atoms with Gasteiger partial charge in [0, 0.05) is 9.79 Å². The molecule has 0 aliphatic carbocycles. The minimum absolute atomic E-state index is 0.00630. The lowest BCUT2D eigenvalue weighted by Gasteiger charge is -2.21. The summed E-state index contributed by atoms with van der Waals surface area (Å²) in [6.45, 7) is 6.70. The number of carboxylic acids is 1. The molecule has 0 unspecified atom stereocenters. The Morgan fingerprint density at radius 3 is 2.31 bits per heavy atom. The number of aryl methyl sites for hydroxylation is 3. The number of hydrogen-bond donors (Lipinski definition) is 1. The van der Waals surface area contributed by atoms with Crippen molar-refractivity contribution in [3.8, 4) is 11.1 Å². The summed E-state index contributed by atoms with van der Waals surface area (Å²) in [7, 11) is 0. The number of hydrogen-bond acceptors (Lipinski definition) is 6. The molecule has 0 bridgehead atoms. The zero-order valence-corrected chi connectivity index (χ0v) is 23.5. The molecule has 5 nitrogen and oxygen atoms in total. The second kappa shape index (κ2) is 13.3. The number of nitrogens with zero attached hydrogens (tertiary/aromatic N) is 1. The Kier molecular flexibility index (Phi) is 9.85. The molecule has 0 aliphatic heterocycles. The van der Waals surface area contributed by atoms with Crippen molar-refractivity contribution >= 4 is 29.8 Å². The number of carboxylic acid groups (broad SMARTS) is 1. The van der Waals surface area contributed by atoms with Gasteiger partial charge in [0.05, 0.1) is 30.9 Å². The SMILES string of the molecule is Cc1cc(C)c(SON(Cc2ccc(-c3cccc(SCC(=O)O)c3)cc2)Cc2ccc(C(F)F)o2)c(C)c1. The molecule has 1 aromatic heterocycles. The highest BCUT2D eigenvalue weighted by molar-refractivity contribution is 8.00. The molecule has 0 aliphatic rings. The highest BCUT2D eigenvalue weighted by atomic mass is 32.2. The van der Waals surface area contributed by atoms with Crippen molar-refractivity contribution in [2.75, 3.05) is 5.75 Å². The Hall–Kier alpha value is -3.11. The Labute approximate surface area is 235 Å². The Morgan fingerprint density at radius 2 is 1.67 bits per heavy atom. The van der Waals surface area contributed by atoms with Gasteiger partial charge < -0.3 is 9.52 Å². The zero-order valence-electron chi connectivity index (χ0n) is 21.8. The van der Waals surface area contributed by atoms with Gasteiger partial charge in [-0.25, -0.2) is 13.1 Å². The monoisotopic (exact) mass is 569 g/mol. The summed E-state index contributed by atoms with van der Waals surface area (Å²) in [5, 5.41) is 10.6. The predicted octanol–water partition coefficient (Wildman–Crippen LogP) is 8.63. The fraction of sp³-hybridized carbons (Fsp3) is 0.233. The highest BCUT2D eigenvalue weighted by Crippen LogP contribution is 2.31. The molecule has 0 atom stereocenters. The van der Waals surface area contributed by atoms with Gasteiger partial charge in [0.1, 0.15) is 5.76 Å². The smallest absolute Gasteiger partial charge is 0.313 e. The van der Waals surface area contributed by atoms with E-state index in [9.17, 15) is 13.6 Å². The van der Waals surface area contributed by atoms with E-state index in [2.05, 4.69) is 12.1 Å². The van der Waals surface area contributed by atoms with Crippen LogP contribution in [0.15, 0.2) is 87.0 Å². The minimum atomic E-state index is -2.67. The molecule has 1 heterocycles. The number of hydroxylamine groups is 2. The lowest BCUT2D eigenvalue weighted by molar-refractivity contribution is -0.133. The Balaban J connectivity index is 1.50. The summed E-state index contributed by atoms with van der Waals surface area (Å²) in [6, 6.07) is 22.8. The van der Waals surface area contributed by atoms with Gasteiger partial charge in [0.25, 0.3) is 6.43 Å². The second-order valence-corrected chi connectivity index (χ2v) is 11.0. The van der Waals surface area contributed by atoms with Crippen molar-refractivity contribution in [1.29, 1.82) is 0 Å². The molecule has 0 radical (unpaired) electrons. The van der Waals surface area contributed by atoms with E-state index in [1.54, 1.807) is 11.1 Å². The minimum Gasteiger partial charge on any atom is -0.481 e. The van der Waals surface area contributed by atoms with Crippen molar-refractivity contribution in [3.63, 3.8) is 0 Å². The topological polar surface area (TPSA) is 62.9 Å². The van der Waals surface area contributed by atoms with Crippen LogP contribution in [0.4, 0.5) is 8.78 Å². The molecule has 3 aromatic carbocycles. The van der Waals surface area contributed by atoms with Gasteiger partial charge >= 0.3 is 5.97 Å². The number of halogens is 2. The Bertz CT molecular complexity index is 1400. The number of alkyl halides is 2. The van der Waals surface area contributed by atoms with E-state index >= 15 is 0 Å². The maximum absolute atomic E-state index is 13.1. The van der Waals surface area contributed by atoms with Gasteiger partial charge in [0.15, 0.2) is 5.76 Å². The molecule has 0 amide bonds. The lowest BCUT2D eigenvalue weighted by atomic mass is 10.0. The molecule has 4 rings (SSSR count). The molecule has 0 saturated heterocycles. The van der Waals surface area contributed by atoms with Crippen molar-refractivity contribution in [2.45, 2.75) is 50.1 Å². The largest absolute Gasteiger partial charge is 0.481 e. The molecule has 39 heavy (non-hydrogen) atoms. The van der Waals surface area contributed by atoms with Crippen LogP contribution in [0.5, 0.6) is 0 Å². The normalized spacial score (nSPS) is 11.5. The summed E-state index contributed by atoms with van der Waals surface area (Å²) in [5.74, 6) is -0.828. The molecular formula is C30H29F2NO4S2. The van der Waals surface area contributed by atoms with Crippen LogP contribution in [0.25, 0.3) is 11.1 Å². The summed E-state index contributed by atoms with van der Waals surface area (Å²) in [4.78, 5) is 12.8. The van der Waals surface area contributed by atoms with E-state index in [0.717, 1.165) is 37.6 Å². The summed E-state index contributed by atoms with van der Waals surface area (Å²) in [5.41, 5.74) is 6.33. The number of furan rings is 1. The third kappa shape index (κ3) is 8.19. The van der Waals surface area contributed by atoms with Crippen LogP contribution in [0.1, 0.15) is 40.2 Å². The number of carbonyl (C=O) groups is 1. The van der Waals surface area contributed by atoms with E-state index in [0.29, 0.717) is 12.3 Å². The van der Waals surface area contributed by atoms with E-state index in [4.69, 9.17) is 13.8 Å². The van der Waals surface area contributed by atoms with Crippen LogP contribution < -0.4 is 0 Å². The first kappa shape index (κ1) is 28.9. The Morgan fingerprint density at radius 1 is 0.949 bits per heavy atom. The third-order valence-corrected chi connectivity index (χ3v) is 7.98. The van der Waals surface area contributed by atoms with Crippen LogP contribution in [0.3, 0.4) is 0 Å². The van der Waals surface area contributed by atoms with Crippen LogP contribution in [-0.4, -0.2) is 21.9 Å². The first-order chi connectivity index (χ1) is 18.7. The van der Waals surface area contributed by atoms with E-state index in [1.165, 1.54) is 35.4 Å². The van der Waals surface area contributed by atoms with Gasteiger partial charge in [-0.05, 0) is 72.9 Å². The molecule has 1 N–H and O–H groups in total. The van der Waals surface area contributed by atoms with E-state index < -0.39 is 12.4 Å². The van der Waals surface area contributed by atoms with Crippen molar-refractivity contribution in [2.24, 2.45) is 0 Å². The summed E-state index contributed by atoms with van der Waals surface area (Å²) in [6.07, 6.45) is -2.67. The number of rotatable bonds is 12. The van der Waals surface area contributed by atoms with Gasteiger partial charge in [-0.3, -0.25) is 4.79 Å². The average molecular weight is 570 g/mol. The molecule has 4 aromatic rings. The highest BCUT2D eigenvalue weighted by Gasteiger charge is 2.17. The second-order valence-electron chi connectivity index (χ2n) is 9.20. The maximum Gasteiger partial charge on any atom is 0.313 e. The third-order valence-electron chi connectivity index (χ3n) is 5.90.